The number of allylic oxidation sites excluding steroid dienone is 1. The van der Waals surface area contributed by atoms with Crippen LogP contribution in [0.4, 0.5) is 10.5 Å². The van der Waals surface area contributed by atoms with Gasteiger partial charge < -0.3 is 5.11 Å². The summed E-state index contributed by atoms with van der Waals surface area (Å²) >= 11 is 0. The number of carbonyl (C=O) groups is 1. The maximum atomic E-state index is 11.1. The summed E-state index contributed by atoms with van der Waals surface area (Å²) in [7, 11) is 0. The maximum absolute atomic E-state index is 11.1. The molecule has 108 valence electrons. The minimum Gasteiger partial charge on any atom is -0.463 e. The Morgan fingerprint density at radius 2 is 1.95 bits per heavy atom. The van der Waals surface area contributed by atoms with E-state index in [1.807, 2.05) is 24.3 Å². The Labute approximate surface area is 119 Å². The fourth-order valence-corrected chi connectivity index (χ4v) is 2.61. The van der Waals surface area contributed by atoms with Crippen molar-refractivity contribution in [2.24, 2.45) is 0 Å². The summed E-state index contributed by atoms with van der Waals surface area (Å²) in [6.45, 7) is 6.11. The third-order valence-electron chi connectivity index (χ3n) is 3.72. The predicted octanol–water partition coefficient (Wildman–Crippen LogP) is 4.34. The van der Waals surface area contributed by atoms with Crippen LogP contribution in [0.25, 0.3) is 0 Å². The van der Waals surface area contributed by atoms with Crippen LogP contribution >= 0.6 is 0 Å². The molecule has 1 aromatic carbocycles. The zero-order valence-corrected chi connectivity index (χ0v) is 11.8. The molecule has 1 aliphatic rings. The zero-order chi connectivity index (χ0) is 14.5. The van der Waals surface area contributed by atoms with Crippen molar-refractivity contribution in [3.63, 3.8) is 0 Å². The van der Waals surface area contributed by atoms with Crippen LogP contribution in [-0.4, -0.2) is 17.8 Å². The van der Waals surface area contributed by atoms with Gasteiger partial charge in [-0.15, -0.1) is 0 Å². The third-order valence-corrected chi connectivity index (χ3v) is 3.72. The SMILES string of the molecule is C=C1CCC(c2ccc(N(OCC)C(=O)O)cc2)CC1. The van der Waals surface area contributed by atoms with Crippen molar-refractivity contribution < 1.29 is 14.7 Å². The highest BCUT2D eigenvalue weighted by atomic mass is 16.7. The van der Waals surface area contributed by atoms with Gasteiger partial charge in [0, 0.05) is 0 Å². The van der Waals surface area contributed by atoms with E-state index in [0.29, 0.717) is 18.2 Å². The molecule has 0 spiro atoms. The summed E-state index contributed by atoms with van der Waals surface area (Å²) in [5.41, 5.74) is 3.15. The van der Waals surface area contributed by atoms with Gasteiger partial charge >= 0.3 is 6.09 Å². The first-order chi connectivity index (χ1) is 9.61. The van der Waals surface area contributed by atoms with Crippen LogP contribution in [0, 0.1) is 0 Å². The van der Waals surface area contributed by atoms with E-state index in [0.717, 1.165) is 30.7 Å². The summed E-state index contributed by atoms with van der Waals surface area (Å²) in [4.78, 5) is 16.2. The van der Waals surface area contributed by atoms with Gasteiger partial charge in [0.2, 0.25) is 0 Å². The molecule has 0 radical (unpaired) electrons. The average Bonchev–Trinajstić information content (AvgIpc) is 2.45. The normalized spacial score (nSPS) is 16.1. The van der Waals surface area contributed by atoms with Crippen molar-refractivity contribution in [2.45, 2.75) is 38.5 Å². The second-order valence-corrected chi connectivity index (χ2v) is 5.11. The lowest BCUT2D eigenvalue weighted by Gasteiger charge is -2.24. The molecule has 1 amide bonds. The fraction of sp³-hybridized carbons (Fsp3) is 0.438. The number of rotatable bonds is 4. The molecule has 0 atom stereocenters. The molecule has 0 unspecified atom stereocenters. The largest absolute Gasteiger partial charge is 0.463 e. The average molecular weight is 275 g/mol. The molecule has 0 saturated heterocycles. The van der Waals surface area contributed by atoms with Crippen molar-refractivity contribution in [1.29, 1.82) is 0 Å². The molecule has 1 aliphatic carbocycles. The van der Waals surface area contributed by atoms with Gasteiger partial charge in [0.15, 0.2) is 0 Å². The number of carboxylic acid groups (broad SMARTS) is 1. The monoisotopic (exact) mass is 275 g/mol. The summed E-state index contributed by atoms with van der Waals surface area (Å²) < 4.78 is 0. The van der Waals surface area contributed by atoms with Gasteiger partial charge in [-0.2, -0.15) is 5.06 Å². The van der Waals surface area contributed by atoms with Crippen LogP contribution in [0.1, 0.15) is 44.1 Å². The maximum Gasteiger partial charge on any atom is 0.436 e. The number of anilines is 1. The highest BCUT2D eigenvalue weighted by Crippen LogP contribution is 2.35. The predicted molar refractivity (Wildman–Crippen MR) is 78.9 cm³/mol. The van der Waals surface area contributed by atoms with Gasteiger partial charge in [-0.1, -0.05) is 24.3 Å². The molecule has 0 bridgehead atoms. The van der Waals surface area contributed by atoms with E-state index in [-0.39, 0.29) is 0 Å². The molecule has 4 nitrogen and oxygen atoms in total. The van der Waals surface area contributed by atoms with Crippen LogP contribution in [0.3, 0.4) is 0 Å². The molecule has 20 heavy (non-hydrogen) atoms. The van der Waals surface area contributed by atoms with Crippen molar-refractivity contribution in [2.75, 3.05) is 11.7 Å². The Bertz CT molecular complexity index is 471. The van der Waals surface area contributed by atoms with E-state index in [1.54, 1.807) is 6.92 Å². The van der Waals surface area contributed by atoms with Gasteiger partial charge in [0.05, 0.1) is 12.3 Å². The highest BCUT2D eigenvalue weighted by Gasteiger charge is 2.19. The van der Waals surface area contributed by atoms with Crippen LogP contribution in [0.2, 0.25) is 0 Å². The minimum absolute atomic E-state index is 0.318. The Balaban J connectivity index is 2.09. The summed E-state index contributed by atoms with van der Waals surface area (Å²) in [5, 5.41) is 10.0. The van der Waals surface area contributed by atoms with Crippen LogP contribution in [0.15, 0.2) is 36.4 Å². The first-order valence-electron chi connectivity index (χ1n) is 7.04. The molecule has 0 aromatic heterocycles. The van der Waals surface area contributed by atoms with E-state index in [2.05, 4.69) is 6.58 Å². The number of hydrogen-bond acceptors (Lipinski definition) is 2. The Morgan fingerprint density at radius 3 is 2.45 bits per heavy atom. The molecule has 1 aromatic rings. The number of benzene rings is 1. The molecule has 1 fully saturated rings. The minimum atomic E-state index is -1.10. The lowest BCUT2D eigenvalue weighted by molar-refractivity contribution is 0.103. The molecule has 0 aliphatic heterocycles. The molecule has 4 heteroatoms. The standard InChI is InChI=1S/C16H21NO3/c1-3-20-17(16(18)19)15-10-8-14(9-11-15)13-6-4-12(2)5-7-13/h8-11,13H,2-7H2,1H3,(H,18,19). The first-order valence-corrected chi connectivity index (χ1v) is 7.04. The number of amides is 1. The lowest BCUT2D eigenvalue weighted by Crippen LogP contribution is -2.29. The van der Waals surface area contributed by atoms with E-state index >= 15 is 0 Å². The Kier molecular flexibility index (Phi) is 4.79. The quantitative estimate of drug-likeness (QED) is 0.657. The summed E-state index contributed by atoms with van der Waals surface area (Å²) in [6.07, 6.45) is 3.34. The topological polar surface area (TPSA) is 49.8 Å². The van der Waals surface area contributed by atoms with Crippen LogP contribution in [-0.2, 0) is 4.84 Å². The Morgan fingerprint density at radius 1 is 1.35 bits per heavy atom. The van der Waals surface area contributed by atoms with E-state index in [4.69, 9.17) is 9.94 Å². The molecule has 2 rings (SSSR count). The van der Waals surface area contributed by atoms with Gasteiger partial charge in [-0.25, -0.2) is 4.79 Å². The van der Waals surface area contributed by atoms with Crippen LogP contribution < -0.4 is 5.06 Å². The molecule has 1 saturated carbocycles. The van der Waals surface area contributed by atoms with Gasteiger partial charge in [-0.3, -0.25) is 4.84 Å². The smallest absolute Gasteiger partial charge is 0.436 e. The number of nitrogens with zero attached hydrogens (tertiary/aromatic N) is 1. The van der Waals surface area contributed by atoms with E-state index < -0.39 is 6.09 Å². The second-order valence-electron chi connectivity index (χ2n) is 5.11. The van der Waals surface area contributed by atoms with E-state index in [1.165, 1.54) is 11.1 Å². The molecule has 1 N–H and O–H groups in total. The molecule has 0 heterocycles. The zero-order valence-electron chi connectivity index (χ0n) is 11.8. The summed E-state index contributed by atoms with van der Waals surface area (Å²) in [5.74, 6) is 0.555. The highest BCUT2D eigenvalue weighted by molar-refractivity contribution is 5.83. The lowest BCUT2D eigenvalue weighted by atomic mass is 9.82. The number of hydroxylamine groups is 1. The van der Waals surface area contributed by atoms with E-state index in [9.17, 15) is 4.79 Å². The fourth-order valence-electron chi connectivity index (χ4n) is 2.61. The van der Waals surface area contributed by atoms with Crippen molar-refractivity contribution in [3.8, 4) is 0 Å². The van der Waals surface area contributed by atoms with Gasteiger partial charge in [-0.05, 0) is 56.2 Å². The Hall–Kier alpha value is -1.81. The van der Waals surface area contributed by atoms with Crippen molar-refractivity contribution in [3.05, 3.63) is 42.0 Å². The summed E-state index contributed by atoms with van der Waals surface area (Å²) in [6, 6.07) is 7.62. The van der Waals surface area contributed by atoms with Gasteiger partial charge in [0.1, 0.15) is 0 Å². The first kappa shape index (κ1) is 14.6. The molecular formula is C16H21NO3. The number of hydrogen-bond donors (Lipinski definition) is 1. The second kappa shape index (κ2) is 6.57. The molecular weight excluding hydrogens is 254 g/mol. The van der Waals surface area contributed by atoms with Crippen molar-refractivity contribution >= 4 is 11.8 Å². The van der Waals surface area contributed by atoms with Crippen molar-refractivity contribution in [1.82, 2.24) is 0 Å². The van der Waals surface area contributed by atoms with Crippen LogP contribution in [0.5, 0.6) is 0 Å². The van der Waals surface area contributed by atoms with Gasteiger partial charge in [0.25, 0.3) is 0 Å². The third kappa shape index (κ3) is 3.39.